The van der Waals surface area contributed by atoms with Crippen LogP contribution in [0.2, 0.25) is 0 Å². The highest BCUT2D eigenvalue weighted by Gasteiger charge is 2.68. The lowest BCUT2D eigenvalue weighted by Gasteiger charge is -2.53. The normalized spacial score (nSPS) is 30.1. The van der Waals surface area contributed by atoms with Crippen LogP contribution in [-0.4, -0.2) is 56.4 Å². The van der Waals surface area contributed by atoms with Gasteiger partial charge in [0.1, 0.15) is 25.4 Å². The second-order valence-corrected chi connectivity index (χ2v) is 10.3. The number of para-hydroxylation sites is 1. The molecule has 2 saturated heterocycles. The molecule has 1 unspecified atom stereocenters. The van der Waals surface area contributed by atoms with Crippen LogP contribution in [0.4, 0.5) is 5.69 Å². The number of quaternary nitrogens is 1. The monoisotopic (exact) mass is 550 g/mol. The van der Waals surface area contributed by atoms with Crippen molar-refractivity contribution in [2.24, 2.45) is 5.92 Å². The Labute approximate surface area is 222 Å². The van der Waals surface area contributed by atoms with Crippen molar-refractivity contribution in [3.63, 3.8) is 0 Å². The van der Waals surface area contributed by atoms with E-state index in [2.05, 4.69) is 36.5 Å². The molecule has 4 atom stereocenters. The minimum Gasteiger partial charge on any atom is -1.00 e. The number of carbonyl (C=O) groups excluding carboxylic acids is 2. The Morgan fingerprint density at radius 1 is 1.17 bits per heavy atom. The molecule has 188 valence electrons. The number of benzene rings is 2. The molecule has 1 N–H and O–H groups in total. The summed E-state index contributed by atoms with van der Waals surface area (Å²) in [6.45, 7) is 4.20. The number of nitrogens with one attached hydrogen (secondary N) is 1. The minimum absolute atomic E-state index is 0. The summed E-state index contributed by atoms with van der Waals surface area (Å²) in [6, 6.07) is 14.1. The average molecular weight is 551 g/mol. The predicted molar refractivity (Wildman–Crippen MR) is 134 cm³/mol. The molecular weight excluding hydrogens is 520 g/mol. The highest BCUT2D eigenvalue weighted by Crippen LogP contribution is 2.63. The van der Waals surface area contributed by atoms with Gasteiger partial charge in [-0.25, -0.2) is 0 Å². The van der Waals surface area contributed by atoms with Crippen LogP contribution in [0.15, 0.2) is 65.4 Å². The van der Waals surface area contributed by atoms with Gasteiger partial charge in [-0.2, -0.15) is 0 Å². The number of hydrogen-bond donors (Lipinski definition) is 1. The second-order valence-electron chi connectivity index (χ2n) is 10.3. The molecule has 2 aromatic carbocycles. The van der Waals surface area contributed by atoms with Gasteiger partial charge in [0.05, 0.1) is 26.2 Å². The zero-order valence-corrected chi connectivity index (χ0v) is 22.4. The largest absolute Gasteiger partial charge is 1.00 e. The summed E-state index contributed by atoms with van der Waals surface area (Å²) in [4.78, 5) is 26.2. The van der Waals surface area contributed by atoms with E-state index >= 15 is 0 Å². The van der Waals surface area contributed by atoms with Crippen molar-refractivity contribution < 1.29 is 40.5 Å². The summed E-state index contributed by atoms with van der Waals surface area (Å²) in [5.41, 5.74) is 6.03. The number of ether oxygens (including phenoxy) is 2. The Balaban J connectivity index is 0.00000267. The number of aldehydes is 1. The fourth-order valence-electron chi connectivity index (χ4n) is 7.52. The van der Waals surface area contributed by atoms with Gasteiger partial charge in [-0.3, -0.25) is 9.59 Å². The van der Waals surface area contributed by atoms with Crippen LogP contribution in [-0.2, 0) is 10.2 Å². The SMILES string of the molecule is C/C=C1/C[N+]2(CC(=O)c3ccc(OC)c(OC)c3)CC[C@]34C(=C(C=O)[C@H]1C[C@@H]32)Nc1ccccc14.[Br-]. The van der Waals surface area contributed by atoms with E-state index in [4.69, 9.17) is 9.47 Å². The molecular formula is C29H31BrN2O4. The van der Waals surface area contributed by atoms with Crippen LogP contribution in [0.1, 0.15) is 35.7 Å². The Hall–Kier alpha value is -2.90. The molecule has 2 aromatic rings. The first-order chi connectivity index (χ1) is 17.0. The minimum atomic E-state index is -0.236. The molecule has 0 amide bonds. The molecule has 2 fully saturated rings. The van der Waals surface area contributed by atoms with Crippen molar-refractivity contribution in [3.8, 4) is 11.5 Å². The topological polar surface area (TPSA) is 64.6 Å². The maximum absolute atomic E-state index is 13.8. The molecule has 6 nitrogen and oxygen atoms in total. The quantitative estimate of drug-likeness (QED) is 0.254. The van der Waals surface area contributed by atoms with Crippen LogP contribution in [0.5, 0.6) is 11.5 Å². The zero-order valence-electron chi connectivity index (χ0n) is 20.8. The Morgan fingerprint density at radius 3 is 2.67 bits per heavy atom. The van der Waals surface area contributed by atoms with Crippen LogP contribution in [0, 0.1) is 5.92 Å². The summed E-state index contributed by atoms with van der Waals surface area (Å²) >= 11 is 0. The molecule has 0 radical (unpaired) electrons. The van der Waals surface area contributed by atoms with Crippen LogP contribution >= 0.6 is 0 Å². The number of hydrogen-bond acceptors (Lipinski definition) is 5. The number of carbonyl (C=O) groups is 2. The van der Waals surface area contributed by atoms with E-state index in [1.807, 2.05) is 12.1 Å². The van der Waals surface area contributed by atoms with E-state index in [9.17, 15) is 9.59 Å². The summed E-state index contributed by atoms with van der Waals surface area (Å²) in [5.74, 6) is 1.41. The molecule has 1 aliphatic carbocycles. The van der Waals surface area contributed by atoms with Gasteiger partial charge in [-0.15, -0.1) is 0 Å². The van der Waals surface area contributed by atoms with E-state index < -0.39 is 0 Å². The molecule has 36 heavy (non-hydrogen) atoms. The predicted octanol–water partition coefficient (Wildman–Crippen LogP) is 1.28. The first kappa shape index (κ1) is 24.8. The van der Waals surface area contributed by atoms with Crippen molar-refractivity contribution in [2.75, 3.05) is 39.2 Å². The lowest BCUT2D eigenvalue weighted by atomic mass is 9.61. The van der Waals surface area contributed by atoms with Gasteiger partial charge in [0.2, 0.25) is 5.78 Å². The van der Waals surface area contributed by atoms with Gasteiger partial charge in [0.25, 0.3) is 0 Å². The number of piperidine rings is 1. The van der Waals surface area contributed by atoms with Crippen LogP contribution in [0.25, 0.3) is 0 Å². The van der Waals surface area contributed by atoms with Crippen molar-refractivity contribution in [3.05, 3.63) is 76.5 Å². The number of Topliss-reactive ketones (excluding diaryl/α,β-unsaturated/α-hetero) is 1. The number of allylic oxidation sites excluding steroid dienone is 2. The number of rotatable bonds is 6. The third-order valence-electron chi connectivity index (χ3n) is 9.02. The standard InChI is InChI=1S/C29H30N2O4.BrH/c1-4-18-15-31(16-24(33)19-9-10-25(34-2)26(13-19)35-3)12-11-29-22-7-5-6-8-23(22)30-28(29)21(17-32)20(18)14-27(29)31;/h4-10,13,17,20,27H,11-12,14-16H2,1-3H3;1H/b18-4-;/t20-,27-,29+,31?;/m0./s1. The number of ketones is 1. The van der Waals surface area contributed by atoms with E-state index in [1.54, 1.807) is 26.4 Å². The molecule has 3 heterocycles. The van der Waals surface area contributed by atoms with E-state index in [0.717, 1.165) is 53.7 Å². The molecule has 6 rings (SSSR count). The molecule has 2 bridgehead atoms. The fourth-order valence-corrected chi connectivity index (χ4v) is 7.52. The third kappa shape index (κ3) is 3.18. The smallest absolute Gasteiger partial charge is 0.217 e. The fraction of sp³-hybridized carbons (Fsp3) is 0.379. The van der Waals surface area contributed by atoms with Crippen molar-refractivity contribution in [1.82, 2.24) is 0 Å². The Morgan fingerprint density at radius 2 is 1.94 bits per heavy atom. The summed E-state index contributed by atoms with van der Waals surface area (Å²) in [7, 11) is 3.19. The van der Waals surface area contributed by atoms with Gasteiger partial charge in [0, 0.05) is 41.3 Å². The first-order valence-electron chi connectivity index (χ1n) is 12.3. The van der Waals surface area contributed by atoms with Gasteiger partial charge in [0.15, 0.2) is 11.5 Å². The molecule has 0 saturated carbocycles. The van der Waals surface area contributed by atoms with Crippen molar-refractivity contribution in [1.29, 1.82) is 0 Å². The van der Waals surface area contributed by atoms with Crippen LogP contribution in [0.3, 0.4) is 0 Å². The van der Waals surface area contributed by atoms with Gasteiger partial charge < -0.3 is 36.3 Å². The summed E-state index contributed by atoms with van der Waals surface area (Å²) < 4.78 is 11.6. The highest BCUT2D eigenvalue weighted by molar-refractivity contribution is 5.97. The number of methoxy groups -OCH3 is 2. The van der Waals surface area contributed by atoms with Crippen LogP contribution < -0.4 is 31.8 Å². The molecule has 3 aliphatic heterocycles. The second kappa shape index (κ2) is 8.89. The van der Waals surface area contributed by atoms with Crippen molar-refractivity contribution >= 4 is 17.8 Å². The number of halogens is 1. The van der Waals surface area contributed by atoms with E-state index in [-0.39, 0.29) is 40.1 Å². The van der Waals surface area contributed by atoms with E-state index in [0.29, 0.717) is 23.6 Å². The van der Waals surface area contributed by atoms with Crippen molar-refractivity contribution in [2.45, 2.75) is 31.2 Å². The lowest BCUT2D eigenvalue weighted by Crippen LogP contribution is -3.00. The maximum Gasteiger partial charge on any atom is 0.217 e. The maximum atomic E-state index is 13.8. The van der Waals surface area contributed by atoms with Gasteiger partial charge in [-0.05, 0) is 42.3 Å². The first-order valence-corrected chi connectivity index (χ1v) is 12.3. The highest BCUT2D eigenvalue weighted by atomic mass is 79.9. The molecule has 1 spiro atoms. The zero-order chi connectivity index (χ0) is 24.4. The number of anilines is 1. The number of nitrogens with zero attached hydrogens (tertiary/aromatic N) is 1. The van der Waals surface area contributed by atoms with Gasteiger partial charge in [-0.1, -0.05) is 24.3 Å². The Kier molecular flexibility index (Phi) is 6.12. The molecule has 0 aromatic heterocycles. The summed E-state index contributed by atoms with van der Waals surface area (Å²) in [6.07, 6.45) is 5.07. The van der Waals surface area contributed by atoms with E-state index in [1.165, 1.54) is 11.1 Å². The number of fused-ring (bicyclic) bond motifs is 2. The summed E-state index contributed by atoms with van der Waals surface area (Å²) in [5, 5.41) is 3.65. The average Bonchev–Trinajstić information content (AvgIpc) is 3.42. The molecule has 4 aliphatic rings. The third-order valence-corrected chi connectivity index (χ3v) is 9.02. The molecule has 7 heteroatoms. The lowest BCUT2D eigenvalue weighted by molar-refractivity contribution is -0.934. The Bertz CT molecular complexity index is 1320. The van der Waals surface area contributed by atoms with Gasteiger partial charge >= 0.3 is 0 Å².